The molecular weight excluding hydrogens is 296 g/mol. The van der Waals surface area contributed by atoms with Crippen molar-refractivity contribution in [1.29, 1.82) is 0 Å². The van der Waals surface area contributed by atoms with Crippen LogP contribution in [0, 0.1) is 0 Å². The maximum atomic E-state index is 12.3. The fourth-order valence-electron chi connectivity index (χ4n) is 2.96. The lowest BCUT2D eigenvalue weighted by Gasteiger charge is -2.37. The van der Waals surface area contributed by atoms with E-state index in [1.165, 1.54) is 0 Å². The standard InChI is InChI=1S/C17H24N2O4/c1-2-19(15-9-6-10-18(11-15)12-16(20)21)17(22)23-13-14-7-4-3-5-8-14/h3-5,7-8,15H,2,6,9-13H2,1H3,(H,20,21). The van der Waals surface area contributed by atoms with E-state index in [0.29, 0.717) is 13.1 Å². The predicted molar refractivity (Wildman–Crippen MR) is 86.1 cm³/mol. The van der Waals surface area contributed by atoms with E-state index < -0.39 is 5.97 Å². The van der Waals surface area contributed by atoms with Crippen molar-refractivity contribution in [1.82, 2.24) is 9.80 Å². The van der Waals surface area contributed by atoms with E-state index in [2.05, 4.69) is 0 Å². The van der Waals surface area contributed by atoms with Crippen LogP contribution in [-0.4, -0.2) is 59.2 Å². The van der Waals surface area contributed by atoms with Crippen molar-refractivity contribution in [2.75, 3.05) is 26.2 Å². The summed E-state index contributed by atoms with van der Waals surface area (Å²) in [5.41, 5.74) is 0.952. The van der Waals surface area contributed by atoms with Crippen LogP contribution in [0.15, 0.2) is 30.3 Å². The molecule has 1 heterocycles. The largest absolute Gasteiger partial charge is 0.480 e. The van der Waals surface area contributed by atoms with Gasteiger partial charge in [0.15, 0.2) is 0 Å². The lowest BCUT2D eigenvalue weighted by Crippen LogP contribution is -2.51. The molecule has 6 heteroatoms. The number of nitrogens with zero attached hydrogens (tertiary/aromatic N) is 2. The number of hydrogen-bond donors (Lipinski definition) is 1. The fraction of sp³-hybridized carbons (Fsp3) is 0.529. The molecule has 0 radical (unpaired) electrons. The molecule has 1 saturated heterocycles. The number of rotatable bonds is 6. The van der Waals surface area contributed by atoms with E-state index in [4.69, 9.17) is 9.84 Å². The average Bonchev–Trinajstić information content (AvgIpc) is 2.54. The van der Waals surface area contributed by atoms with Crippen molar-refractivity contribution in [2.24, 2.45) is 0 Å². The highest BCUT2D eigenvalue weighted by molar-refractivity contribution is 5.69. The highest BCUT2D eigenvalue weighted by Gasteiger charge is 2.29. The third-order valence-electron chi connectivity index (χ3n) is 4.06. The van der Waals surface area contributed by atoms with Crippen LogP contribution in [0.2, 0.25) is 0 Å². The predicted octanol–water partition coefficient (Wildman–Crippen LogP) is 2.19. The van der Waals surface area contributed by atoms with E-state index in [-0.39, 0.29) is 25.3 Å². The first kappa shape index (κ1) is 17.3. The van der Waals surface area contributed by atoms with Crippen molar-refractivity contribution < 1.29 is 19.4 Å². The van der Waals surface area contributed by atoms with Gasteiger partial charge in [-0.3, -0.25) is 9.69 Å². The smallest absolute Gasteiger partial charge is 0.410 e. The monoisotopic (exact) mass is 320 g/mol. The Morgan fingerprint density at radius 1 is 1.35 bits per heavy atom. The van der Waals surface area contributed by atoms with Gasteiger partial charge in [-0.1, -0.05) is 30.3 Å². The summed E-state index contributed by atoms with van der Waals surface area (Å²) in [4.78, 5) is 26.8. The van der Waals surface area contributed by atoms with Gasteiger partial charge >= 0.3 is 12.1 Å². The molecule has 1 unspecified atom stereocenters. The van der Waals surface area contributed by atoms with Crippen LogP contribution in [0.5, 0.6) is 0 Å². The molecule has 1 atom stereocenters. The van der Waals surface area contributed by atoms with E-state index in [9.17, 15) is 9.59 Å². The number of amides is 1. The second-order valence-electron chi connectivity index (χ2n) is 5.75. The van der Waals surface area contributed by atoms with Gasteiger partial charge in [0.2, 0.25) is 0 Å². The Kier molecular flexibility index (Phi) is 6.40. The van der Waals surface area contributed by atoms with Crippen LogP contribution in [0.4, 0.5) is 4.79 Å². The quantitative estimate of drug-likeness (QED) is 0.870. The van der Waals surface area contributed by atoms with Crippen molar-refractivity contribution in [3.8, 4) is 0 Å². The van der Waals surface area contributed by atoms with Gasteiger partial charge in [-0.05, 0) is 31.9 Å². The molecule has 1 fully saturated rings. The maximum Gasteiger partial charge on any atom is 0.410 e. The number of carbonyl (C=O) groups is 2. The minimum absolute atomic E-state index is 0.0105. The number of benzene rings is 1. The molecular formula is C17H24N2O4. The molecule has 2 rings (SSSR count). The number of likely N-dealkylation sites (tertiary alicyclic amines) is 1. The average molecular weight is 320 g/mol. The van der Waals surface area contributed by atoms with Crippen molar-refractivity contribution >= 4 is 12.1 Å². The summed E-state index contributed by atoms with van der Waals surface area (Å²) in [6.45, 7) is 4.09. The highest BCUT2D eigenvalue weighted by atomic mass is 16.6. The maximum absolute atomic E-state index is 12.3. The summed E-state index contributed by atoms with van der Waals surface area (Å²) < 4.78 is 5.40. The second kappa shape index (κ2) is 8.53. The Bertz CT molecular complexity index is 521. The van der Waals surface area contributed by atoms with Gasteiger partial charge < -0.3 is 14.7 Å². The summed E-state index contributed by atoms with van der Waals surface area (Å²) in [7, 11) is 0. The van der Waals surface area contributed by atoms with Gasteiger partial charge in [-0.25, -0.2) is 4.79 Å². The summed E-state index contributed by atoms with van der Waals surface area (Å²) in [6, 6.07) is 9.58. The molecule has 1 aliphatic heterocycles. The minimum atomic E-state index is -0.833. The van der Waals surface area contributed by atoms with Gasteiger partial charge in [-0.15, -0.1) is 0 Å². The number of hydrogen-bond acceptors (Lipinski definition) is 4. The van der Waals surface area contributed by atoms with Crippen molar-refractivity contribution in [3.63, 3.8) is 0 Å². The summed E-state index contributed by atoms with van der Waals surface area (Å²) >= 11 is 0. The lowest BCUT2D eigenvalue weighted by atomic mass is 10.0. The SMILES string of the molecule is CCN(C(=O)OCc1ccccc1)C1CCCN(CC(=O)O)C1. The molecule has 1 N–H and O–H groups in total. The number of likely N-dealkylation sites (N-methyl/N-ethyl adjacent to an activating group) is 1. The zero-order valence-corrected chi connectivity index (χ0v) is 13.5. The van der Waals surface area contributed by atoms with Crippen molar-refractivity contribution in [2.45, 2.75) is 32.4 Å². The molecule has 126 valence electrons. The molecule has 6 nitrogen and oxygen atoms in total. The number of ether oxygens (including phenoxy) is 1. The normalized spacial score (nSPS) is 18.4. The Morgan fingerprint density at radius 2 is 2.09 bits per heavy atom. The molecule has 1 amide bonds. The number of carbonyl (C=O) groups excluding carboxylic acids is 1. The second-order valence-corrected chi connectivity index (χ2v) is 5.75. The fourth-order valence-corrected chi connectivity index (χ4v) is 2.96. The molecule has 23 heavy (non-hydrogen) atoms. The molecule has 0 aromatic heterocycles. The van der Waals surface area contributed by atoms with E-state index in [1.54, 1.807) is 4.90 Å². The Balaban J connectivity index is 1.89. The first-order valence-electron chi connectivity index (χ1n) is 8.01. The van der Waals surface area contributed by atoms with Crippen LogP contribution in [-0.2, 0) is 16.1 Å². The number of carboxylic acid groups (broad SMARTS) is 1. The summed E-state index contributed by atoms with van der Waals surface area (Å²) in [6.07, 6.45) is 1.43. The molecule has 0 saturated carbocycles. The lowest BCUT2D eigenvalue weighted by molar-refractivity contribution is -0.138. The van der Waals surface area contributed by atoms with Crippen LogP contribution in [0.1, 0.15) is 25.3 Å². The summed E-state index contributed by atoms with van der Waals surface area (Å²) in [5, 5.41) is 8.92. The van der Waals surface area contributed by atoms with E-state index in [0.717, 1.165) is 24.9 Å². The third-order valence-corrected chi connectivity index (χ3v) is 4.06. The van der Waals surface area contributed by atoms with Gasteiger partial charge in [-0.2, -0.15) is 0 Å². The van der Waals surface area contributed by atoms with E-state index in [1.807, 2.05) is 42.2 Å². The van der Waals surface area contributed by atoms with Gasteiger partial charge in [0.05, 0.1) is 6.54 Å². The van der Waals surface area contributed by atoms with Crippen LogP contribution >= 0.6 is 0 Å². The topological polar surface area (TPSA) is 70.1 Å². The Morgan fingerprint density at radius 3 is 2.74 bits per heavy atom. The van der Waals surface area contributed by atoms with Gasteiger partial charge in [0.25, 0.3) is 0 Å². The van der Waals surface area contributed by atoms with Crippen LogP contribution < -0.4 is 0 Å². The highest BCUT2D eigenvalue weighted by Crippen LogP contribution is 2.17. The molecule has 0 aliphatic carbocycles. The van der Waals surface area contributed by atoms with Crippen LogP contribution in [0.3, 0.4) is 0 Å². The number of carboxylic acids is 1. The van der Waals surface area contributed by atoms with E-state index >= 15 is 0 Å². The molecule has 0 spiro atoms. The first-order valence-corrected chi connectivity index (χ1v) is 8.01. The van der Waals surface area contributed by atoms with Gasteiger partial charge in [0.1, 0.15) is 6.61 Å². The third kappa shape index (κ3) is 5.25. The zero-order valence-electron chi connectivity index (χ0n) is 13.5. The van der Waals surface area contributed by atoms with Gasteiger partial charge in [0, 0.05) is 19.1 Å². The molecule has 1 aromatic rings. The summed E-state index contributed by atoms with van der Waals surface area (Å²) in [5.74, 6) is -0.833. The van der Waals surface area contributed by atoms with Crippen LogP contribution in [0.25, 0.3) is 0 Å². The van der Waals surface area contributed by atoms with Crippen molar-refractivity contribution in [3.05, 3.63) is 35.9 Å². The number of aliphatic carboxylic acids is 1. The first-order chi connectivity index (χ1) is 11.1. The molecule has 1 aliphatic rings. The molecule has 1 aromatic carbocycles. The Labute approximate surface area is 136 Å². The minimum Gasteiger partial charge on any atom is -0.480 e. The molecule has 0 bridgehead atoms. The Hall–Kier alpha value is -2.08. The number of piperidine rings is 1. The zero-order chi connectivity index (χ0) is 16.7.